The fourth-order valence-electron chi connectivity index (χ4n) is 4.16. The number of aromatic nitrogens is 4. The second kappa shape index (κ2) is 10.8. The van der Waals surface area contributed by atoms with E-state index in [1.54, 1.807) is 7.05 Å². The number of guanidine groups is 1. The number of hydrogen-bond donors (Lipinski definition) is 2. The van der Waals surface area contributed by atoms with E-state index in [9.17, 15) is 0 Å². The molecular weight excluding hydrogens is 501 g/mol. The highest BCUT2D eigenvalue weighted by Gasteiger charge is 2.17. The first-order chi connectivity index (χ1) is 14.6. The second-order valence-corrected chi connectivity index (χ2v) is 7.97. The molecule has 7 nitrogen and oxygen atoms in total. The third-order valence-electron chi connectivity index (χ3n) is 5.70. The van der Waals surface area contributed by atoms with Gasteiger partial charge in [0.25, 0.3) is 0 Å². The standard InChI is InChI=1S/C23H31N7.HI/c1-17-14-18(2)30(27-17)22-11-7-4-8-19(22)15-25-23(24-3)26-16-20-12-13-29(28-20)21-9-5-6-10-21;/h4,7-8,11-14,21H,5-6,9-10,15-16H2,1-3H3,(H2,24,25,26);1H. The smallest absolute Gasteiger partial charge is 0.191 e. The Morgan fingerprint density at radius 2 is 1.81 bits per heavy atom. The molecule has 3 aromatic rings. The monoisotopic (exact) mass is 533 g/mol. The van der Waals surface area contributed by atoms with Gasteiger partial charge in [-0.1, -0.05) is 31.0 Å². The van der Waals surface area contributed by atoms with Crippen molar-refractivity contribution >= 4 is 29.9 Å². The van der Waals surface area contributed by atoms with Gasteiger partial charge in [0, 0.05) is 25.5 Å². The molecule has 2 heterocycles. The van der Waals surface area contributed by atoms with E-state index < -0.39 is 0 Å². The minimum atomic E-state index is 0. The molecular formula is C23H32IN7. The molecule has 0 unspecified atom stereocenters. The predicted octanol–water partition coefficient (Wildman–Crippen LogP) is 4.28. The molecule has 2 N–H and O–H groups in total. The Hall–Kier alpha value is -2.36. The van der Waals surface area contributed by atoms with Crippen molar-refractivity contribution in [3.63, 3.8) is 0 Å². The van der Waals surface area contributed by atoms with Crippen LogP contribution in [0, 0.1) is 13.8 Å². The normalized spacial score (nSPS) is 14.5. The summed E-state index contributed by atoms with van der Waals surface area (Å²) < 4.78 is 4.13. The number of para-hydroxylation sites is 1. The molecule has 2 aromatic heterocycles. The third kappa shape index (κ3) is 5.66. The maximum atomic E-state index is 4.74. The summed E-state index contributed by atoms with van der Waals surface area (Å²) in [4.78, 5) is 4.36. The highest BCUT2D eigenvalue weighted by molar-refractivity contribution is 14.0. The molecule has 166 valence electrons. The Balaban J connectivity index is 0.00000272. The molecule has 1 aromatic carbocycles. The van der Waals surface area contributed by atoms with Crippen molar-refractivity contribution in [2.45, 2.75) is 58.7 Å². The molecule has 0 bridgehead atoms. The fourth-order valence-corrected chi connectivity index (χ4v) is 4.16. The average Bonchev–Trinajstić information content (AvgIpc) is 3.49. The van der Waals surface area contributed by atoms with Crippen LogP contribution in [-0.2, 0) is 13.1 Å². The van der Waals surface area contributed by atoms with Gasteiger partial charge in [-0.15, -0.1) is 24.0 Å². The van der Waals surface area contributed by atoms with Crippen LogP contribution in [0.4, 0.5) is 0 Å². The van der Waals surface area contributed by atoms with Gasteiger partial charge in [-0.3, -0.25) is 9.67 Å². The molecule has 0 aliphatic heterocycles. The van der Waals surface area contributed by atoms with Gasteiger partial charge in [0.1, 0.15) is 0 Å². The molecule has 0 amide bonds. The van der Waals surface area contributed by atoms with Gasteiger partial charge in [0.05, 0.1) is 29.7 Å². The minimum absolute atomic E-state index is 0. The van der Waals surface area contributed by atoms with E-state index >= 15 is 0 Å². The van der Waals surface area contributed by atoms with Crippen LogP contribution in [0.5, 0.6) is 0 Å². The summed E-state index contributed by atoms with van der Waals surface area (Å²) in [7, 11) is 1.79. The Morgan fingerprint density at radius 1 is 1.06 bits per heavy atom. The molecule has 1 aliphatic carbocycles. The molecule has 1 fully saturated rings. The number of hydrogen-bond acceptors (Lipinski definition) is 3. The Morgan fingerprint density at radius 3 is 2.52 bits per heavy atom. The lowest BCUT2D eigenvalue weighted by molar-refractivity contribution is 0.462. The van der Waals surface area contributed by atoms with Crippen LogP contribution in [0.15, 0.2) is 47.6 Å². The Bertz CT molecular complexity index is 1010. The summed E-state index contributed by atoms with van der Waals surface area (Å²) in [6.45, 7) is 5.41. The van der Waals surface area contributed by atoms with Crippen LogP contribution in [-0.4, -0.2) is 32.6 Å². The summed E-state index contributed by atoms with van der Waals surface area (Å²) in [5.74, 6) is 0.758. The van der Waals surface area contributed by atoms with Crippen molar-refractivity contribution in [2.75, 3.05) is 7.05 Å². The van der Waals surface area contributed by atoms with E-state index in [-0.39, 0.29) is 24.0 Å². The number of benzene rings is 1. The third-order valence-corrected chi connectivity index (χ3v) is 5.70. The highest BCUT2D eigenvalue weighted by Crippen LogP contribution is 2.28. The zero-order valence-corrected chi connectivity index (χ0v) is 20.8. The van der Waals surface area contributed by atoms with Crippen LogP contribution in [0.1, 0.15) is 54.4 Å². The van der Waals surface area contributed by atoms with Crippen molar-refractivity contribution < 1.29 is 0 Å². The number of nitrogens with zero attached hydrogens (tertiary/aromatic N) is 5. The van der Waals surface area contributed by atoms with Crippen molar-refractivity contribution in [1.29, 1.82) is 0 Å². The number of halogens is 1. The first-order valence-electron chi connectivity index (χ1n) is 10.7. The molecule has 8 heteroatoms. The summed E-state index contributed by atoms with van der Waals surface area (Å²) in [5.41, 5.74) is 5.43. The van der Waals surface area contributed by atoms with Crippen LogP contribution < -0.4 is 10.6 Å². The van der Waals surface area contributed by atoms with Gasteiger partial charge in [-0.05, 0) is 50.5 Å². The van der Waals surface area contributed by atoms with Gasteiger partial charge in [0.15, 0.2) is 5.96 Å². The first kappa shape index (κ1) is 23.3. The highest BCUT2D eigenvalue weighted by atomic mass is 127. The largest absolute Gasteiger partial charge is 0.352 e. The first-order valence-corrected chi connectivity index (χ1v) is 10.7. The summed E-state index contributed by atoms with van der Waals surface area (Å²) in [5, 5.41) is 16.2. The van der Waals surface area contributed by atoms with Crippen molar-refractivity contribution in [3.8, 4) is 5.69 Å². The fraction of sp³-hybridized carbons (Fsp3) is 0.435. The van der Waals surface area contributed by atoms with Gasteiger partial charge < -0.3 is 10.6 Å². The lowest BCUT2D eigenvalue weighted by atomic mass is 10.1. The molecule has 0 saturated heterocycles. The quantitative estimate of drug-likeness (QED) is 0.282. The molecule has 0 radical (unpaired) electrons. The van der Waals surface area contributed by atoms with Crippen molar-refractivity contribution in [1.82, 2.24) is 30.2 Å². The zero-order valence-electron chi connectivity index (χ0n) is 18.5. The minimum Gasteiger partial charge on any atom is -0.352 e. The number of nitrogens with one attached hydrogen (secondary N) is 2. The van der Waals surface area contributed by atoms with Gasteiger partial charge in [-0.25, -0.2) is 4.68 Å². The molecule has 31 heavy (non-hydrogen) atoms. The van der Waals surface area contributed by atoms with Gasteiger partial charge in [0.2, 0.25) is 0 Å². The number of aryl methyl sites for hydroxylation is 2. The Labute approximate surface area is 201 Å². The predicted molar refractivity (Wildman–Crippen MR) is 135 cm³/mol. The number of aliphatic imine (C=N–C) groups is 1. The SMILES string of the molecule is CN=C(NCc1ccn(C2CCCC2)n1)NCc1ccccc1-n1nc(C)cc1C.I. The van der Waals surface area contributed by atoms with Crippen molar-refractivity contribution in [3.05, 3.63) is 65.2 Å². The van der Waals surface area contributed by atoms with E-state index in [4.69, 9.17) is 5.10 Å². The number of rotatable bonds is 6. The van der Waals surface area contributed by atoms with Gasteiger partial charge >= 0.3 is 0 Å². The Kier molecular flexibility index (Phi) is 8.11. The van der Waals surface area contributed by atoms with Crippen LogP contribution >= 0.6 is 24.0 Å². The van der Waals surface area contributed by atoms with Crippen molar-refractivity contribution in [2.24, 2.45) is 4.99 Å². The van der Waals surface area contributed by atoms with E-state index in [1.165, 1.54) is 25.7 Å². The second-order valence-electron chi connectivity index (χ2n) is 7.97. The topological polar surface area (TPSA) is 72.1 Å². The van der Waals surface area contributed by atoms with Crippen LogP contribution in [0.3, 0.4) is 0 Å². The molecule has 1 saturated carbocycles. The summed E-state index contributed by atoms with van der Waals surface area (Å²) >= 11 is 0. The van der Waals surface area contributed by atoms with Crippen LogP contribution in [0.2, 0.25) is 0 Å². The van der Waals surface area contributed by atoms with E-state index in [2.05, 4.69) is 68.9 Å². The zero-order chi connectivity index (χ0) is 20.9. The van der Waals surface area contributed by atoms with Gasteiger partial charge in [-0.2, -0.15) is 10.2 Å². The molecule has 0 atom stereocenters. The van der Waals surface area contributed by atoms with E-state index in [1.807, 2.05) is 17.7 Å². The lowest BCUT2D eigenvalue weighted by Gasteiger charge is -2.15. The summed E-state index contributed by atoms with van der Waals surface area (Å²) in [6.07, 6.45) is 7.22. The maximum Gasteiger partial charge on any atom is 0.191 e. The van der Waals surface area contributed by atoms with Crippen LogP contribution in [0.25, 0.3) is 5.69 Å². The molecule has 4 rings (SSSR count). The van der Waals surface area contributed by atoms with E-state index in [0.29, 0.717) is 19.1 Å². The summed E-state index contributed by atoms with van der Waals surface area (Å²) in [6, 6.07) is 13.1. The maximum absolute atomic E-state index is 4.74. The lowest BCUT2D eigenvalue weighted by Crippen LogP contribution is -2.36. The average molecular weight is 533 g/mol. The van der Waals surface area contributed by atoms with E-state index in [0.717, 1.165) is 34.3 Å². The molecule has 0 spiro atoms. The molecule has 1 aliphatic rings.